The largest absolute Gasteiger partial charge is 0.460 e. The highest BCUT2D eigenvalue weighted by molar-refractivity contribution is 6.55. The van der Waals surface area contributed by atoms with Crippen molar-refractivity contribution in [1.29, 1.82) is 0 Å². The Kier molecular flexibility index (Phi) is 5.78. The van der Waals surface area contributed by atoms with Crippen molar-refractivity contribution in [2.75, 3.05) is 0 Å². The van der Waals surface area contributed by atoms with Gasteiger partial charge in [-0.15, -0.1) is 0 Å². The minimum absolute atomic E-state index is 0.0384. The van der Waals surface area contributed by atoms with Gasteiger partial charge < -0.3 is 4.74 Å². The van der Waals surface area contributed by atoms with Gasteiger partial charge in [-0.1, -0.05) is 67.4 Å². The number of carbonyl (C=O) groups excluding carboxylic acids is 1. The first-order valence-electron chi connectivity index (χ1n) is 8.55. The maximum Gasteiger partial charge on any atom is 0.310 e. The summed E-state index contributed by atoms with van der Waals surface area (Å²) in [6.07, 6.45) is 1.54. The molecule has 2 nitrogen and oxygen atoms in total. The summed E-state index contributed by atoms with van der Waals surface area (Å²) in [7, 11) is 0. The molecule has 7 heteroatoms. The van der Waals surface area contributed by atoms with Gasteiger partial charge in [0, 0.05) is 6.07 Å². The Hall–Kier alpha value is -1.98. The monoisotopic (exact) mass is 428 g/mol. The summed E-state index contributed by atoms with van der Waals surface area (Å²) in [5.74, 6) is -4.61. The third-order valence-electron chi connectivity index (χ3n) is 5.16. The lowest BCUT2D eigenvalue weighted by Gasteiger charge is -2.12. The van der Waals surface area contributed by atoms with Gasteiger partial charge in [-0.2, -0.15) is 0 Å². The van der Waals surface area contributed by atoms with E-state index < -0.39 is 46.9 Å². The van der Waals surface area contributed by atoms with Crippen LogP contribution in [-0.2, 0) is 16.1 Å². The molecular weight excluding hydrogens is 412 g/mol. The van der Waals surface area contributed by atoms with E-state index in [4.69, 9.17) is 27.9 Å². The van der Waals surface area contributed by atoms with Crippen LogP contribution in [0.25, 0.3) is 11.1 Å². The van der Waals surface area contributed by atoms with E-state index in [1.807, 2.05) is 13.8 Å². The van der Waals surface area contributed by atoms with Crippen molar-refractivity contribution in [1.82, 2.24) is 0 Å². The van der Waals surface area contributed by atoms with Gasteiger partial charge in [-0.05, 0) is 23.0 Å². The highest BCUT2D eigenvalue weighted by Crippen LogP contribution is 2.60. The molecule has 0 radical (unpaired) electrons. The Balaban J connectivity index is 1.82. The molecule has 28 heavy (non-hydrogen) atoms. The van der Waals surface area contributed by atoms with Gasteiger partial charge in [0.05, 0.1) is 17.0 Å². The molecule has 0 aromatic heterocycles. The van der Waals surface area contributed by atoms with Crippen LogP contribution in [-0.4, -0.2) is 5.97 Å². The van der Waals surface area contributed by atoms with Crippen LogP contribution >= 0.6 is 23.2 Å². The Bertz CT molecular complexity index is 938. The van der Waals surface area contributed by atoms with Gasteiger partial charge in [-0.3, -0.25) is 4.79 Å². The second-order valence-corrected chi connectivity index (χ2v) is 8.27. The Labute approximate surface area is 170 Å². The average Bonchev–Trinajstić information content (AvgIpc) is 3.14. The molecule has 1 fully saturated rings. The van der Waals surface area contributed by atoms with Crippen LogP contribution in [0.5, 0.6) is 0 Å². The van der Waals surface area contributed by atoms with Gasteiger partial charge in [0.15, 0.2) is 0 Å². The smallest absolute Gasteiger partial charge is 0.310 e. The first kappa shape index (κ1) is 20.7. The molecule has 0 aliphatic heterocycles. The maximum absolute atomic E-state index is 14.8. The Morgan fingerprint density at radius 2 is 1.79 bits per heavy atom. The van der Waals surface area contributed by atoms with Crippen molar-refractivity contribution in [3.63, 3.8) is 0 Å². The lowest BCUT2D eigenvalue weighted by Crippen LogP contribution is -2.13. The number of hydrogen-bond acceptors (Lipinski definition) is 2. The second kappa shape index (κ2) is 7.80. The molecule has 1 saturated carbocycles. The van der Waals surface area contributed by atoms with Gasteiger partial charge in [0.2, 0.25) is 0 Å². The summed E-state index contributed by atoms with van der Waals surface area (Å²) in [4.78, 5) is 12.4. The normalized spacial score (nSPS) is 19.8. The molecule has 2 aromatic rings. The molecule has 0 saturated heterocycles. The molecular formula is C21H17Cl2F3O2. The first-order valence-corrected chi connectivity index (χ1v) is 9.31. The Morgan fingerprint density at radius 3 is 2.39 bits per heavy atom. The zero-order chi connectivity index (χ0) is 20.6. The first-order chi connectivity index (χ1) is 13.1. The topological polar surface area (TPSA) is 26.3 Å². The third-order valence-corrected chi connectivity index (χ3v) is 5.41. The minimum atomic E-state index is -1.11. The third kappa shape index (κ3) is 3.91. The highest BCUT2D eigenvalue weighted by Gasteiger charge is 2.61. The number of hydrogen-bond donors (Lipinski definition) is 0. The molecule has 1 aliphatic carbocycles. The van der Waals surface area contributed by atoms with Crippen LogP contribution in [0.15, 0.2) is 47.0 Å². The highest BCUT2D eigenvalue weighted by atomic mass is 35.5. The molecule has 0 heterocycles. The predicted molar refractivity (Wildman–Crippen MR) is 102 cm³/mol. The van der Waals surface area contributed by atoms with Gasteiger partial charge >= 0.3 is 5.97 Å². The summed E-state index contributed by atoms with van der Waals surface area (Å²) in [6.45, 7) is 3.03. The van der Waals surface area contributed by atoms with E-state index in [1.165, 1.54) is 12.1 Å². The fraction of sp³-hybridized carbons (Fsp3) is 0.286. The number of ether oxygens (including phenoxy) is 1. The van der Waals surface area contributed by atoms with Crippen molar-refractivity contribution in [3.05, 3.63) is 70.0 Å². The van der Waals surface area contributed by atoms with E-state index in [0.29, 0.717) is 6.07 Å². The maximum atomic E-state index is 14.8. The van der Waals surface area contributed by atoms with Crippen LogP contribution in [0.3, 0.4) is 0 Å². The molecule has 0 unspecified atom stereocenters. The summed E-state index contributed by atoms with van der Waals surface area (Å²) in [5.41, 5.74) is -1.04. The molecule has 0 amide bonds. The van der Waals surface area contributed by atoms with Crippen molar-refractivity contribution in [2.45, 2.75) is 20.5 Å². The van der Waals surface area contributed by atoms with E-state index in [-0.39, 0.29) is 21.5 Å². The average molecular weight is 429 g/mol. The van der Waals surface area contributed by atoms with Crippen LogP contribution in [0.1, 0.15) is 19.4 Å². The van der Waals surface area contributed by atoms with Gasteiger partial charge in [0.1, 0.15) is 28.6 Å². The standard InChI is InChI=1S/C21H17Cl2F3O2/c1-21(2)13(8-16(22)23)18(21)20(27)28-10-12-14(24)9-15(25)17(19(12)26)11-6-4-3-5-7-11/h3-9,13,18H,10H2,1-2H3/t13-,18-/m1/s1. The molecule has 3 rings (SSSR count). The minimum Gasteiger partial charge on any atom is -0.460 e. The lowest BCUT2D eigenvalue weighted by atomic mass is 10.0. The van der Waals surface area contributed by atoms with Crippen LogP contribution < -0.4 is 0 Å². The van der Waals surface area contributed by atoms with E-state index in [2.05, 4.69) is 0 Å². The number of halogens is 5. The summed E-state index contributed by atoms with van der Waals surface area (Å²) in [6, 6.07) is 8.53. The molecule has 148 valence electrons. The zero-order valence-corrected chi connectivity index (χ0v) is 16.6. The van der Waals surface area contributed by atoms with Gasteiger partial charge in [0.25, 0.3) is 0 Å². The molecule has 0 N–H and O–H groups in total. The van der Waals surface area contributed by atoms with Crippen LogP contribution in [0, 0.1) is 34.7 Å². The fourth-order valence-electron chi connectivity index (χ4n) is 3.44. The van der Waals surface area contributed by atoms with Gasteiger partial charge in [-0.25, -0.2) is 13.2 Å². The second-order valence-electron chi connectivity index (χ2n) is 7.26. The van der Waals surface area contributed by atoms with E-state index in [1.54, 1.807) is 24.3 Å². The van der Waals surface area contributed by atoms with E-state index in [0.717, 1.165) is 0 Å². The predicted octanol–water partition coefficient (Wildman–Crippen LogP) is 6.41. The quantitative estimate of drug-likeness (QED) is 0.514. The van der Waals surface area contributed by atoms with Crippen molar-refractivity contribution < 1.29 is 22.7 Å². The number of carbonyl (C=O) groups is 1. The number of rotatable bonds is 5. The molecule has 2 aromatic carbocycles. The number of allylic oxidation sites excluding steroid dienone is 1. The lowest BCUT2D eigenvalue weighted by molar-refractivity contribution is -0.147. The molecule has 2 atom stereocenters. The molecule has 1 aliphatic rings. The Morgan fingerprint density at radius 1 is 1.14 bits per heavy atom. The van der Waals surface area contributed by atoms with Crippen LogP contribution in [0.4, 0.5) is 13.2 Å². The SMILES string of the molecule is CC1(C)[C@H](C=C(Cl)Cl)[C@@H]1C(=O)OCc1c(F)cc(F)c(-c2ccccc2)c1F. The van der Waals surface area contributed by atoms with Crippen molar-refractivity contribution in [2.24, 2.45) is 17.3 Å². The number of benzene rings is 2. The summed E-state index contributed by atoms with van der Waals surface area (Å²) < 4.78 is 48.3. The molecule has 0 spiro atoms. The summed E-state index contributed by atoms with van der Waals surface area (Å²) >= 11 is 11.3. The summed E-state index contributed by atoms with van der Waals surface area (Å²) in [5, 5.41) is 0. The van der Waals surface area contributed by atoms with E-state index >= 15 is 0 Å². The zero-order valence-electron chi connectivity index (χ0n) is 15.1. The van der Waals surface area contributed by atoms with Crippen molar-refractivity contribution in [3.8, 4) is 11.1 Å². The van der Waals surface area contributed by atoms with E-state index in [9.17, 15) is 18.0 Å². The molecule has 0 bridgehead atoms. The van der Waals surface area contributed by atoms with Crippen molar-refractivity contribution >= 4 is 29.2 Å². The number of esters is 1. The van der Waals surface area contributed by atoms with Crippen LogP contribution in [0.2, 0.25) is 0 Å². The fourth-order valence-corrected chi connectivity index (χ4v) is 3.71.